The number of esters is 1. The number of aliphatic hydroxyl groups excluding tert-OH is 1. The molecule has 0 heterocycles. The Morgan fingerprint density at radius 2 is 1.26 bits per heavy atom. The quantitative estimate of drug-likeness (QED) is 0.112. The van der Waals surface area contributed by atoms with Gasteiger partial charge in [0.15, 0.2) is 16.6 Å². The highest BCUT2D eigenvalue weighted by atomic mass is 28.5. The average molecular weight is 571 g/mol. The number of hydrogen-bond donors (Lipinski definition) is 1. The number of aliphatic hydroxyl groups is 1. The summed E-state index contributed by atoms with van der Waals surface area (Å²) in [5.41, 5.74) is 0.305. The molecule has 0 aliphatic rings. The van der Waals surface area contributed by atoms with Gasteiger partial charge in [0.25, 0.3) is 0 Å². The SMILES string of the molecule is C=C(C)C(=O)OCC(O)COCCC[Si](C)(C)O[Si](C)(C)O[Si](C)(C)O[Si](C)(C)O[Si](C)(C)C. The molecule has 0 aliphatic heterocycles. The maximum Gasteiger partial charge on any atom is 0.333 e. The Balaban J connectivity index is 4.53. The lowest BCUT2D eigenvalue weighted by Crippen LogP contribution is -2.58. The van der Waals surface area contributed by atoms with E-state index in [0.717, 1.165) is 12.5 Å². The fraction of sp³-hybridized carbons (Fsp3) is 0.857. The summed E-state index contributed by atoms with van der Waals surface area (Å²) in [6.45, 7) is 29.0. The van der Waals surface area contributed by atoms with Gasteiger partial charge in [0, 0.05) is 12.2 Å². The summed E-state index contributed by atoms with van der Waals surface area (Å²) in [4.78, 5) is 11.4. The molecule has 8 nitrogen and oxygen atoms in total. The Bertz CT molecular complexity index is 662. The lowest BCUT2D eigenvalue weighted by Gasteiger charge is -2.42. The summed E-state index contributed by atoms with van der Waals surface area (Å²) in [6, 6.07) is 0.912. The van der Waals surface area contributed by atoms with E-state index in [-0.39, 0.29) is 13.2 Å². The molecule has 0 aromatic rings. The van der Waals surface area contributed by atoms with Gasteiger partial charge in [-0.05, 0) is 91.4 Å². The van der Waals surface area contributed by atoms with E-state index in [0.29, 0.717) is 12.2 Å². The van der Waals surface area contributed by atoms with Crippen LogP contribution in [0.1, 0.15) is 13.3 Å². The molecule has 1 unspecified atom stereocenters. The molecule has 34 heavy (non-hydrogen) atoms. The third-order valence-electron chi connectivity index (χ3n) is 4.19. The van der Waals surface area contributed by atoms with Crippen molar-refractivity contribution in [2.75, 3.05) is 19.8 Å². The maximum atomic E-state index is 11.4. The molecule has 1 N–H and O–H groups in total. The molecule has 0 fully saturated rings. The predicted octanol–water partition coefficient (Wildman–Crippen LogP) is 5.09. The van der Waals surface area contributed by atoms with Gasteiger partial charge in [-0.1, -0.05) is 6.58 Å². The van der Waals surface area contributed by atoms with Crippen LogP contribution in [-0.4, -0.2) is 79.3 Å². The maximum absolute atomic E-state index is 11.4. The van der Waals surface area contributed by atoms with Gasteiger partial charge in [0.1, 0.15) is 12.7 Å². The van der Waals surface area contributed by atoms with Gasteiger partial charge in [0.05, 0.1) is 6.61 Å². The standard InChI is InChI=1S/C21H50O8Si5/c1-19(2)21(23)25-18-20(22)17-24-15-14-16-31(6,7)27-33(10,11)29-34(12,13)28-32(8,9)26-30(3,4)5/h20,22H,1,14-18H2,2-13H3. The molecule has 0 saturated heterocycles. The van der Waals surface area contributed by atoms with Crippen LogP contribution in [0.5, 0.6) is 0 Å². The summed E-state index contributed by atoms with van der Waals surface area (Å²) in [6.07, 6.45) is -0.0296. The normalized spacial score (nSPS) is 14.7. The van der Waals surface area contributed by atoms with Crippen molar-refractivity contribution < 1.29 is 35.8 Å². The van der Waals surface area contributed by atoms with Gasteiger partial charge in [-0.25, -0.2) is 4.79 Å². The molecule has 0 spiro atoms. The minimum absolute atomic E-state index is 0.101. The van der Waals surface area contributed by atoms with Crippen LogP contribution >= 0.6 is 0 Å². The first-order valence-corrected chi connectivity index (χ1v) is 26.9. The second-order valence-corrected chi connectivity index (χ2v) is 31.6. The van der Waals surface area contributed by atoms with Crippen molar-refractivity contribution >= 4 is 48.3 Å². The van der Waals surface area contributed by atoms with Gasteiger partial charge in [-0.15, -0.1) is 0 Å². The lowest BCUT2D eigenvalue weighted by molar-refractivity contribution is -0.143. The molecule has 0 bridgehead atoms. The second-order valence-electron chi connectivity index (χ2n) is 11.7. The van der Waals surface area contributed by atoms with Crippen molar-refractivity contribution in [1.82, 2.24) is 0 Å². The zero-order valence-corrected chi connectivity index (χ0v) is 28.6. The van der Waals surface area contributed by atoms with E-state index in [4.69, 9.17) is 25.9 Å². The van der Waals surface area contributed by atoms with Crippen LogP contribution in [-0.2, 0) is 30.7 Å². The fourth-order valence-corrected chi connectivity index (χ4v) is 27.6. The van der Waals surface area contributed by atoms with Crippen LogP contribution < -0.4 is 0 Å². The highest BCUT2D eigenvalue weighted by Gasteiger charge is 2.45. The van der Waals surface area contributed by atoms with Gasteiger partial charge in [-0.2, -0.15) is 0 Å². The molecule has 0 aromatic carbocycles. The third kappa shape index (κ3) is 17.5. The molecule has 0 aromatic heterocycles. The first-order valence-electron chi connectivity index (χ1n) is 11.9. The molecule has 1 atom stereocenters. The van der Waals surface area contributed by atoms with Crippen molar-refractivity contribution in [3.63, 3.8) is 0 Å². The molecule has 0 amide bonds. The number of carbonyl (C=O) groups is 1. The number of ether oxygens (including phenoxy) is 2. The minimum Gasteiger partial charge on any atom is -0.460 e. The van der Waals surface area contributed by atoms with Crippen molar-refractivity contribution in [3.8, 4) is 0 Å². The minimum atomic E-state index is -2.43. The van der Waals surface area contributed by atoms with E-state index in [2.05, 4.69) is 78.6 Å². The highest BCUT2D eigenvalue weighted by molar-refractivity contribution is 6.90. The molecule has 0 radical (unpaired) electrons. The Kier molecular flexibility index (Phi) is 13.6. The highest BCUT2D eigenvalue weighted by Crippen LogP contribution is 2.27. The van der Waals surface area contributed by atoms with Crippen molar-refractivity contribution in [3.05, 3.63) is 12.2 Å². The van der Waals surface area contributed by atoms with Crippen molar-refractivity contribution in [1.29, 1.82) is 0 Å². The van der Waals surface area contributed by atoms with Crippen LogP contribution in [0.25, 0.3) is 0 Å². The molecule has 202 valence electrons. The van der Waals surface area contributed by atoms with Crippen molar-refractivity contribution in [2.45, 2.75) is 97.5 Å². The van der Waals surface area contributed by atoms with Crippen LogP contribution in [0.3, 0.4) is 0 Å². The summed E-state index contributed by atoms with van der Waals surface area (Å²) >= 11 is 0. The Labute approximate surface area is 213 Å². The van der Waals surface area contributed by atoms with E-state index < -0.39 is 54.4 Å². The lowest BCUT2D eigenvalue weighted by atomic mass is 10.3. The number of hydrogen-bond acceptors (Lipinski definition) is 8. The molecular weight excluding hydrogens is 521 g/mol. The average Bonchev–Trinajstić information content (AvgIpc) is 2.53. The van der Waals surface area contributed by atoms with E-state index in [1.807, 2.05) is 0 Å². The molecule has 0 saturated carbocycles. The predicted molar refractivity (Wildman–Crippen MR) is 150 cm³/mol. The van der Waals surface area contributed by atoms with Crippen LogP contribution in [0, 0.1) is 0 Å². The van der Waals surface area contributed by atoms with Crippen LogP contribution in [0.15, 0.2) is 12.2 Å². The molecule has 13 heteroatoms. The molecule has 0 aliphatic carbocycles. The second kappa shape index (κ2) is 13.6. The third-order valence-corrected chi connectivity index (χ3v) is 22.2. The summed E-state index contributed by atoms with van der Waals surface area (Å²) in [5.74, 6) is -0.510. The number of carbonyl (C=O) groups excluding carboxylic acids is 1. The van der Waals surface area contributed by atoms with E-state index in [1.54, 1.807) is 6.92 Å². The summed E-state index contributed by atoms with van der Waals surface area (Å²) in [5, 5.41) is 9.87. The van der Waals surface area contributed by atoms with Gasteiger partial charge < -0.3 is 31.0 Å². The molecule has 0 rings (SSSR count). The molecular formula is C21H50O8Si5. The monoisotopic (exact) mass is 570 g/mol. The first-order chi connectivity index (χ1) is 15.0. The zero-order chi connectivity index (χ0) is 27.0. The number of rotatable bonds is 17. The van der Waals surface area contributed by atoms with Gasteiger partial charge >= 0.3 is 31.7 Å². The Hall–Kier alpha value is 0.0544. The van der Waals surface area contributed by atoms with Crippen molar-refractivity contribution in [2.24, 2.45) is 0 Å². The van der Waals surface area contributed by atoms with E-state index >= 15 is 0 Å². The smallest absolute Gasteiger partial charge is 0.333 e. The topological polar surface area (TPSA) is 92.7 Å². The van der Waals surface area contributed by atoms with Crippen LogP contribution in [0.4, 0.5) is 0 Å². The van der Waals surface area contributed by atoms with Gasteiger partial charge in [-0.3, -0.25) is 0 Å². The Morgan fingerprint density at radius 1 is 0.794 bits per heavy atom. The zero-order valence-electron chi connectivity index (χ0n) is 23.6. The van der Waals surface area contributed by atoms with Gasteiger partial charge in [0.2, 0.25) is 0 Å². The largest absolute Gasteiger partial charge is 0.460 e. The fourth-order valence-electron chi connectivity index (χ4n) is 3.86. The Morgan fingerprint density at radius 3 is 1.74 bits per heavy atom. The summed E-state index contributed by atoms with van der Waals surface area (Å²) < 4.78 is 36.5. The van der Waals surface area contributed by atoms with E-state index in [9.17, 15) is 9.90 Å². The summed E-state index contributed by atoms with van der Waals surface area (Å²) in [7, 11) is -10.8. The van der Waals surface area contributed by atoms with E-state index in [1.165, 1.54) is 0 Å². The van der Waals surface area contributed by atoms with Crippen LogP contribution in [0.2, 0.25) is 78.1 Å². The first kappa shape index (κ1) is 34.1.